The van der Waals surface area contributed by atoms with Gasteiger partial charge in [0.1, 0.15) is 6.04 Å². The van der Waals surface area contributed by atoms with E-state index in [0.717, 1.165) is 5.57 Å². The maximum atomic E-state index is 11.2. The van der Waals surface area contributed by atoms with Crippen LogP contribution in [-0.4, -0.2) is 46.2 Å². The van der Waals surface area contributed by atoms with Gasteiger partial charge in [-0.1, -0.05) is 26.0 Å². The molecule has 0 bridgehead atoms. The maximum absolute atomic E-state index is 11.2. The summed E-state index contributed by atoms with van der Waals surface area (Å²) in [5, 5.41) is 17.8. The van der Waals surface area contributed by atoms with Gasteiger partial charge in [-0.05, 0) is 12.8 Å². The average Bonchev–Trinajstić information content (AvgIpc) is 2.11. The van der Waals surface area contributed by atoms with Crippen LogP contribution in [0.1, 0.15) is 27.2 Å². The molecular formula is C12H21NO4. The first-order valence-electron chi connectivity index (χ1n) is 5.58. The standard InChI is InChI=1S/C12H21NO4/c1-8(2)7-13(6-5-10(14)15)11(9(3)4)12(16)17/h9,11H,1,5-7H2,2-4H3,(H,14,15)(H,16,17). The molecular weight excluding hydrogens is 222 g/mol. The van der Waals surface area contributed by atoms with Crippen LogP contribution in [0.4, 0.5) is 0 Å². The van der Waals surface area contributed by atoms with Gasteiger partial charge in [0.25, 0.3) is 0 Å². The van der Waals surface area contributed by atoms with E-state index < -0.39 is 18.0 Å². The fourth-order valence-corrected chi connectivity index (χ4v) is 1.77. The molecule has 0 aliphatic rings. The normalized spacial score (nSPS) is 12.8. The van der Waals surface area contributed by atoms with Crippen LogP contribution in [0.5, 0.6) is 0 Å². The lowest BCUT2D eigenvalue weighted by atomic mass is 10.0. The Hall–Kier alpha value is -1.36. The summed E-state index contributed by atoms with van der Waals surface area (Å²) in [6.07, 6.45) is -0.0657. The van der Waals surface area contributed by atoms with Crippen molar-refractivity contribution in [1.29, 1.82) is 0 Å². The summed E-state index contributed by atoms with van der Waals surface area (Å²) in [7, 11) is 0. The first kappa shape index (κ1) is 15.6. The molecule has 98 valence electrons. The van der Waals surface area contributed by atoms with Crippen molar-refractivity contribution in [3.8, 4) is 0 Å². The van der Waals surface area contributed by atoms with Gasteiger partial charge < -0.3 is 10.2 Å². The number of aliphatic carboxylic acids is 2. The number of hydrogen-bond donors (Lipinski definition) is 2. The van der Waals surface area contributed by atoms with E-state index >= 15 is 0 Å². The van der Waals surface area contributed by atoms with Gasteiger partial charge in [0.05, 0.1) is 6.42 Å². The van der Waals surface area contributed by atoms with Crippen LogP contribution in [0, 0.1) is 5.92 Å². The van der Waals surface area contributed by atoms with Crippen molar-refractivity contribution < 1.29 is 19.8 Å². The van der Waals surface area contributed by atoms with Crippen LogP contribution >= 0.6 is 0 Å². The minimum atomic E-state index is -0.926. The molecule has 1 unspecified atom stereocenters. The minimum Gasteiger partial charge on any atom is -0.481 e. The molecule has 0 radical (unpaired) electrons. The zero-order chi connectivity index (χ0) is 13.6. The van der Waals surface area contributed by atoms with E-state index in [1.807, 2.05) is 13.8 Å². The van der Waals surface area contributed by atoms with Gasteiger partial charge in [0, 0.05) is 13.1 Å². The molecule has 2 N–H and O–H groups in total. The van der Waals surface area contributed by atoms with E-state index in [9.17, 15) is 14.7 Å². The topological polar surface area (TPSA) is 77.8 Å². The van der Waals surface area contributed by atoms with E-state index in [4.69, 9.17) is 5.11 Å². The molecule has 0 aromatic heterocycles. The Labute approximate surface area is 102 Å². The Morgan fingerprint density at radius 1 is 1.29 bits per heavy atom. The lowest BCUT2D eigenvalue weighted by Crippen LogP contribution is -2.46. The first-order valence-corrected chi connectivity index (χ1v) is 5.58. The summed E-state index contributed by atoms with van der Waals surface area (Å²) in [6.45, 7) is 9.79. The first-order chi connectivity index (χ1) is 7.75. The summed E-state index contributed by atoms with van der Waals surface area (Å²) in [6, 6.07) is -0.675. The highest BCUT2D eigenvalue weighted by molar-refractivity contribution is 5.74. The predicted octanol–water partition coefficient (Wildman–Crippen LogP) is 1.45. The van der Waals surface area contributed by atoms with Crippen molar-refractivity contribution in [2.24, 2.45) is 5.92 Å². The molecule has 1 atom stereocenters. The van der Waals surface area contributed by atoms with Gasteiger partial charge in [0.15, 0.2) is 0 Å². The van der Waals surface area contributed by atoms with Crippen molar-refractivity contribution >= 4 is 11.9 Å². The molecule has 5 heteroatoms. The van der Waals surface area contributed by atoms with E-state index in [1.165, 1.54) is 0 Å². The lowest BCUT2D eigenvalue weighted by molar-refractivity contribution is -0.146. The number of rotatable bonds is 8. The Kier molecular flexibility index (Phi) is 6.50. The lowest BCUT2D eigenvalue weighted by Gasteiger charge is -2.31. The molecule has 0 spiro atoms. The molecule has 0 aliphatic carbocycles. The molecule has 0 aliphatic heterocycles. The van der Waals surface area contributed by atoms with Gasteiger partial charge in [-0.2, -0.15) is 0 Å². The second-order valence-electron chi connectivity index (χ2n) is 4.60. The van der Waals surface area contributed by atoms with Gasteiger partial charge in [-0.3, -0.25) is 14.5 Å². The van der Waals surface area contributed by atoms with Crippen molar-refractivity contribution in [3.63, 3.8) is 0 Å². The van der Waals surface area contributed by atoms with Crippen molar-refractivity contribution in [3.05, 3.63) is 12.2 Å². The van der Waals surface area contributed by atoms with E-state index in [2.05, 4.69) is 6.58 Å². The van der Waals surface area contributed by atoms with Crippen molar-refractivity contribution in [2.45, 2.75) is 33.2 Å². The molecule has 0 amide bonds. The molecule has 0 fully saturated rings. The zero-order valence-electron chi connectivity index (χ0n) is 10.6. The summed E-state index contributed by atoms with van der Waals surface area (Å²) in [5.74, 6) is -1.93. The minimum absolute atomic E-state index is 0.0657. The van der Waals surface area contributed by atoms with Crippen molar-refractivity contribution in [2.75, 3.05) is 13.1 Å². The van der Waals surface area contributed by atoms with Crippen LogP contribution < -0.4 is 0 Å². The smallest absolute Gasteiger partial charge is 0.321 e. The third kappa shape index (κ3) is 6.06. The summed E-state index contributed by atoms with van der Waals surface area (Å²) >= 11 is 0. The van der Waals surface area contributed by atoms with Gasteiger partial charge in [-0.25, -0.2) is 0 Å². The molecule has 0 saturated heterocycles. The molecule has 0 aromatic carbocycles. The SMILES string of the molecule is C=C(C)CN(CCC(=O)O)C(C(=O)O)C(C)C. The molecule has 0 rings (SSSR count). The summed E-state index contributed by atoms with van der Waals surface area (Å²) < 4.78 is 0. The molecule has 17 heavy (non-hydrogen) atoms. The van der Waals surface area contributed by atoms with Crippen molar-refractivity contribution in [1.82, 2.24) is 4.90 Å². The quantitative estimate of drug-likeness (QED) is 0.631. The Bertz CT molecular complexity index is 299. The van der Waals surface area contributed by atoms with Gasteiger partial charge in [0.2, 0.25) is 0 Å². The highest BCUT2D eigenvalue weighted by atomic mass is 16.4. The molecule has 5 nitrogen and oxygen atoms in total. The Morgan fingerprint density at radius 2 is 1.82 bits per heavy atom. The van der Waals surface area contributed by atoms with Crippen LogP contribution in [0.25, 0.3) is 0 Å². The predicted molar refractivity (Wildman–Crippen MR) is 64.9 cm³/mol. The average molecular weight is 243 g/mol. The number of carboxylic acid groups (broad SMARTS) is 2. The van der Waals surface area contributed by atoms with Crippen LogP contribution in [-0.2, 0) is 9.59 Å². The monoisotopic (exact) mass is 243 g/mol. The largest absolute Gasteiger partial charge is 0.481 e. The Balaban J connectivity index is 4.78. The summed E-state index contributed by atoms with van der Waals surface area (Å²) in [5.41, 5.74) is 0.822. The number of carbonyl (C=O) groups is 2. The Morgan fingerprint density at radius 3 is 2.12 bits per heavy atom. The maximum Gasteiger partial charge on any atom is 0.321 e. The second-order valence-corrected chi connectivity index (χ2v) is 4.60. The zero-order valence-corrected chi connectivity index (χ0v) is 10.6. The second kappa shape index (κ2) is 7.06. The van der Waals surface area contributed by atoms with Crippen LogP contribution in [0.2, 0.25) is 0 Å². The summed E-state index contributed by atoms with van der Waals surface area (Å²) in [4.78, 5) is 23.4. The molecule has 0 heterocycles. The third-order valence-electron chi connectivity index (χ3n) is 2.36. The fraction of sp³-hybridized carbons (Fsp3) is 0.667. The highest BCUT2D eigenvalue weighted by Gasteiger charge is 2.28. The van der Waals surface area contributed by atoms with Gasteiger partial charge >= 0.3 is 11.9 Å². The molecule has 0 saturated carbocycles. The van der Waals surface area contributed by atoms with Crippen LogP contribution in [0.15, 0.2) is 12.2 Å². The number of carboxylic acids is 2. The van der Waals surface area contributed by atoms with E-state index in [0.29, 0.717) is 6.54 Å². The fourth-order valence-electron chi connectivity index (χ4n) is 1.77. The van der Waals surface area contributed by atoms with Gasteiger partial charge in [-0.15, -0.1) is 0 Å². The number of hydrogen-bond acceptors (Lipinski definition) is 3. The van der Waals surface area contributed by atoms with E-state index in [1.54, 1.807) is 11.8 Å². The number of nitrogens with zero attached hydrogens (tertiary/aromatic N) is 1. The third-order valence-corrected chi connectivity index (χ3v) is 2.36. The van der Waals surface area contributed by atoms with Crippen LogP contribution in [0.3, 0.4) is 0 Å². The highest BCUT2D eigenvalue weighted by Crippen LogP contribution is 2.13. The molecule has 0 aromatic rings. The van der Waals surface area contributed by atoms with E-state index in [-0.39, 0.29) is 18.9 Å².